The third kappa shape index (κ3) is 2.73. The molecular formula is C11H16BrN. The minimum absolute atomic E-state index is 0. The molecule has 2 rings (SSSR count). The maximum absolute atomic E-state index is 2.48. The summed E-state index contributed by atoms with van der Waals surface area (Å²) in [5.74, 6) is 0. The third-order valence-corrected chi connectivity index (χ3v) is 2.48. The minimum Gasteiger partial charge on any atom is -0.372 e. The molecule has 1 aliphatic rings. The minimum atomic E-state index is 0. The standard InChI is InChI=1S/C11H15N.BrH/c1-3-7-11(8-4-1)12-9-5-2-6-10-12;/h1,3-4,7-8H,2,5-6,9-10H2;1H. The lowest BCUT2D eigenvalue weighted by Crippen LogP contribution is -2.29. The smallest absolute Gasteiger partial charge is 0.0366 e. The molecule has 0 saturated carbocycles. The summed E-state index contributed by atoms with van der Waals surface area (Å²) in [6, 6.07) is 10.7. The van der Waals surface area contributed by atoms with E-state index in [2.05, 4.69) is 35.2 Å². The predicted molar refractivity (Wildman–Crippen MR) is 62.8 cm³/mol. The second-order valence-electron chi connectivity index (χ2n) is 3.38. The quantitative estimate of drug-likeness (QED) is 0.730. The van der Waals surface area contributed by atoms with Crippen LogP contribution in [0, 0.1) is 0 Å². The summed E-state index contributed by atoms with van der Waals surface area (Å²) >= 11 is 0. The molecule has 1 aromatic carbocycles. The van der Waals surface area contributed by atoms with Crippen molar-refractivity contribution in [2.24, 2.45) is 0 Å². The summed E-state index contributed by atoms with van der Waals surface area (Å²) in [7, 11) is 0. The van der Waals surface area contributed by atoms with Crippen LogP contribution in [-0.4, -0.2) is 13.1 Å². The van der Waals surface area contributed by atoms with Gasteiger partial charge in [0.15, 0.2) is 0 Å². The summed E-state index contributed by atoms with van der Waals surface area (Å²) in [5, 5.41) is 0. The van der Waals surface area contributed by atoms with Crippen molar-refractivity contribution >= 4 is 22.7 Å². The highest BCUT2D eigenvalue weighted by molar-refractivity contribution is 8.93. The van der Waals surface area contributed by atoms with Crippen LogP contribution in [0.2, 0.25) is 0 Å². The SMILES string of the molecule is Br.c1ccc(N2CCCCC2)cc1. The van der Waals surface area contributed by atoms with Crippen LogP contribution >= 0.6 is 17.0 Å². The molecule has 1 fully saturated rings. The molecule has 0 aromatic heterocycles. The van der Waals surface area contributed by atoms with E-state index in [4.69, 9.17) is 0 Å². The van der Waals surface area contributed by atoms with Gasteiger partial charge < -0.3 is 4.90 Å². The van der Waals surface area contributed by atoms with Crippen molar-refractivity contribution in [3.05, 3.63) is 30.3 Å². The van der Waals surface area contributed by atoms with Gasteiger partial charge in [0.1, 0.15) is 0 Å². The third-order valence-electron chi connectivity index (χ3n) is 2.48. The molecule has 1 saturated heterocycles. The maximum atomic E-state index is 2.48. The molecule has 1 nitrogen and oxygen atoms in total. The van der Waals surface area contributed by atoms with Crippen LogP contribution in [0.4, 0.5) is 5.69 Å². The van der Waals surface area contributed by atoms with Gasteiger partial charge in [-0.05, 0) is 31.4 Å². The molecule has 0 aliphatic carbocycles. The van der Waals surface area contributed by atoms with Crippen molar-refractivity contribution in [2.45, 2.75) is 19.3 Å². The first-order chi connectivity index (χ1) is 5.97. The Kier molecular flexibility index (Phi) is 4.29. The molecule has 72 valence electrons. The molecule has 1 heterocycles. The number of anilines is 1. The van der Waals surface area contributed by atoms with E-state index < -0.39 is 0 Å². The molecular weight excluding hydrogens is 226 g/mol. The van der Waals surface area contributed by atoms with E-state index in [0.29, 0.717) is 0 Å². The maximum Gasteiger partial charge on any atom is 0.0366 e. The van der Waals surface area contributed by atoms with E-state index >= 15 is 0 Å². The van der Waals surface area contributed by atoms with E-state index in [9.17, 15) is 0 Å². The zero-order valence-corrected chi connectivity index (χ0v) is 9.49. The Morgan fingerprint density at radius 2 is 1.46 bits per heavy atom. The number of hydrogen-bond donors (Lipinski definition) is 0. The van der Waals surface area contributed by atoms with Gasteiger partial charge in [0.25, 0.3) is 0 Å². The summed E-state index contributed by atoms with van der Waals surface area (Å²) in [6.45, 7) is 2.48. The number of benzene rings is 1. The Morgan fingerprint density at radius 1 is 0.846 bits per heavy atom. The number of nitrogens with zero attached hydrogens (tertiary/aromatic N) is 1. The summed E-state index contributed by atoms with van der Waals surface area (Å²) in [5.41, 5.74) is 1.39. The van der Waals surface area contributed by atoms with E-state index in [1.165, 1.54) is 38.0 Å². The molecule has 0 atom stereocenters. The van der Waals surface area contributed by atoms with Crippen LogP contribution in [-0.2, 0) is 0 Å². The number of halogens is 1. The topological polar surface area (TPSA) is 3.24 Å². The molecule has 1 aromatic rings. The molecule has 13 heavy (non-hydrogen) atoms. The Balaban J connectivity index is 0.000000845. The van der Waals surface area contributed by atoms with Gasteiger partial charge in [0, 0.05) is 18.8 Å². The normalized spacial score (nSPS) is 16.5. The fourth-order valence-corrected chi connectivity index (χ4v) is 1.79. The molecule has 0 bridgehead atoms. The van der Waals surface area contributed by atoms with E-state index in [-0.39, 0.29) is 17.0 Å². The zero-order valence-electron chi connectivity index (χ0n) is 7.78. The fourth-order valence-electron chi connectivity index (χ4n) is 1.79. The first-order valence-electron chi connectivity index (χ1n) is 4.77. The van der Waals surface area contributed by atoms with Gasteiger partial charge in [-0.15, -0.1) is 17.0 Å². The van der Waals surface area contributed by atoms with Gasteiger partial charge in [-0.3, -0.25) is 0 Å². The van der Waals surface area contributed by atoms with E-state index in [1.807, 2.05) is 0 Å². The highest BCUT2D eigenvalue weighted by Gasteiger charge is 2.09. The average molecular weight is 242 g/mol. The van der Waals surface area contributed by atoms with Crippen LogP contribution in [0.5, 0.6) is 0 Å². The van der Waals surface area contributed by atoms with Crippen LogP contribution in [0.25, 0.3) is 0 Å². The number of hydrogen-bond acceptors (Lipinski definition) is 1. The van der Waals surface area contributed by atoms with Gasteiger partial charge >= 0.3 is 0 Å². The Morgan fingerprint density at radius 3 is 2.08 bits per heavy atom. The van der Waals surface area contributed by atoms with Crippen molar-refractivity contribution in [1.29, 1.82) is 0 Å². The average Bonchev–Trinajstić information content (AvgIpc) is 2.21. The van der Waals surface area contributed by atoms with Gasteiger partial charge in [-0.25, -0.2) is 0 Å². The molecule has 0 spiro atoms. The van der Waals surface area contributed by atoms with Gasteiger partial charge in [-0.2, -0.15) is 0 Å². The lowest BCUT2D eigenvalue weighted by atomic mass is 10.1. The van der Waals surface area contributed by atoms with Crippen LogP contribution < -0.4 is 4.90 Å². The molecule has 0 radical (unpaired) electrons. The lowest BCUT2D eigenvalue weighted by molar-refractivity contribution is 0.578. The second-order valence-corrected chi connectivity index (χ2v) is 3.38. The Hall–Kier alpha value is -0.500. The highest BCUT2D eigenvalue weighted by Crippen LogP contribution is 2.18. The van der Waals surface area contributed by atoms with E-state index in [1.54, 1.807) is 0 Å². The molecule has 1 aliphatic heterocycles. The highest BCUT2D eigenvalue weighted by atomic mass is 79.9. The van der Waals surface area contributed by atoms with Crippen LogP contribution in [0.15, 0.2) is 30.3 Å². The summed E-state index contributed by atoms with van der Waals surface area (Å²) < 4.78 is 0. The number of para-hydroxylation sites is 1. The largest absolute Gasteiger partial charge is 0.372 e. The predicted octanol–water partition coefficient (Wildman–Crippen LogP) is 3.25. The summed E-state index contributed by atoms with van der Waals surface area (Å²) in [4.78, 5) is 2.48. The Bertz CT molecular complexity index is 229. The van der Waals surface area contributed by atoms with Crippen molar-refractivity contribution in [2.75, 3.05) is 18.0 Å². The van der Waals surface area contributed by atoms with Crippen LogP contribution in [0.3, 0.4) is 0 Å². The molecule has 0 N–H and O–H groups in total. The number of piperidine rings is 1. The summed E-state index contributed by atoms with van der Waals surface area (Å²) in [6.07, 6.45) is 4.12. The zero-order chi connectivity index (χ0) is 8.23. The molecule has 0 amide bonds. The number of rotatable bonds is 1. The first-order valence-corrected chi connectivity index (χ1v) is 4.77. The van der Waals surface area contributed by atoms with E-state index in [0.717, 1.165) is 0 Å². The van der Waals surface area contributed by atoms with Crippen LogP contribution in [0.1, 0.15) is 19.3 Å². The van der Waals surface area contributed by atoms with Gasteiger partial charge in [0.05, 0.1) is 0 Å². The molecule has 0 unspecified atom stereocenters. The monoisotopic (exact) mass is 241 g/mol. The fraction of sp³-hybridized carbons (Fsp3) is 0.455. The van der Waals surface area contributed by atoms with Gasteiger partial charge in [0.2, 0.25) is 0 Å². The van der Waals surface area contributed by atoms with Crippen molar-refractivity contribution < 1.29 is 0 Å². The molecule has 2 heteroatoms. The van der Waals surface area contributed by atoms with Crippen molar-refractivity contribution in [3.8, 4) is 0 Å². The second kappa shape index (κ2) is 5.28. The first kappa shape index (κ1) is 10.6. The Labute approximate surface area is 90.5 Å². The van der Waals surface area contributed by atoms with Crippen molar-refractivity contribution in [3.63, 3.8) is 0 Å². The van der Waals surface area contributed by atoms with Crippen molar-refractivity contribution in [1.82, 2.24) is 0 Å². The lowest BCUT2D eigenvalue weighted by Gasteiger charge is -2.28. The van der Waals surface area contributed by atoms with Gasteiger partial charge in [-0.1, -0.05) is 18.2 Å².